The van der Waals surface area contributed by atoms with E-state index in [1.165, 1.54) is 34.8 Å². The van der Waals surface area contributed by atoms with Gasteiger partial charge in [-0.1, -0.05) is 20.3 Å². The summed E-state index contributed by atoms with van der Waals surface area (Å²) >= 11 is 1.89. The van der Waals surface area contributed by atoms with Crippen LogP contribution in [0.15, 0.2) is 0 Å². The van der Waals surface area contributed by atoms with Crippen LogP contribution in [-0.4, -0.2) is 4.98 Å². The molecular formula is C10H17NS. The Morgan fingerprint density at radius 3 is 2.58 bits per heavy atom. The summed E-state index contributed by atoms with van der Waals surface area (Å²) in [5.74, 6) is 0. The first-order valence-electron chi connectivity index (χ1n) is 4.73. The van der Waals surface area contributed by atoms with Gasteiger partial charge in [-0.25, -0.2) is 4.98 Å². The van der Waals surface area contributed by atoms with E-state index in [4.69, 9.17) is 0 Å². The van der Waals surface area contributed by atoms with Crippen LogP contribution in [-0.2, 0) is 12.8 Å². The molecule has 68 valence electrons. The minimum atomic E-state index is 1.13. The lowest BCUT2D eigenvalue weighted by molar-refractivity contribution is 0.788. The predicted molar refractivity (Wildman–Crippen MR) is 54.8 cm³/mol. The first kappa shape index (κ1) is 9.72. The van der Waals surface area contributed by atoms with Crippen molar-refractivity contribution in [3.8, 4) is 0 Å². The van der Waals surface area contributed by atoms with Crippen LogP contribution in [0.5, 0.6) is 0 Å². The van der Waals surface area contributed by atoms with Crippen molar-refractivity contribution in [2.75, 3.05) is 0 Å². The van der Waals surface area contributed by atoms with Crippen molar-refractivity contribution in [1.29, 1.82) is 0 Å². The average molecular weight is 183 g/mol. The Morgan fingerprint density at radius 1 is 1.33 bits per heavy atom. The molecule has 0 radical (unpaired) electrons. The number of rotatable bonds is 4. The molecular weight excluding hydrogens is 166 g/mol. The molecule has 0 aliphatic rings. The quantitative estimate of drug-likeness (QED) is 0.697. The van der Waals surface area contributed by atoms with Crippen LogP contribution >= 0.6 is 11.3 Å². The topological polar surface area (TPSA) is 12.9 Å². The maximum absolute atomic E-state index is 4.54. The number of hydrogen-bond donors (Lipinski definition) is 0. The summed E-state index contributed by atoms with van der Waals surface area (Å²) in [6.07, 6.45) is 4.84. The number of nitrogens with zero attached hydrogens (tertiary/aromatic N) is 1. The van der Waals surface area contributed by atoms with Crippen molar-refractivity contribution < 1.29 is 0 Å². The van der Waals surface area contributed by atoms with E-state index in [0.29, 0.717) is 0 Å². The predicted octanol–water partition coefficient (Wildman–Crippen LogP) is 3.36. The summed E-state index contributed by atoms with van der Waals surface area (Å²) in [6.45, 7) is 6.54. The molecule has 12 heavy (non-hydrogen) atoms. The summed E-state index contributed by atoms with van der Waals surface area (Å²) in [5, 5.41) is 1.33. The minimum absolute atomic E-state index is 1.13. The fraction of sp³-hybridized carbons (Fsp3) is 0.700. The van der Waals surface area contributed by atoms with E-state index < -0.39 is 0 Å². The Morgan fingerprint density at radius 2 is 2.08 bits per heavy atom. The fourth-order valence-electron chi connectivity index (χ4n) is 1.25. The van der Waals surface area contributed by atoms with E-state index in [1.54, 1.807) is 0 Å². The number of thiazole rings is 1. The van der Waals surface area contributed by atoms with Gasteiger partial charge < -0.3 is 0 Å². The average Bonchev–Trinajstić information content (AvgIpc) is 2.43. The van der Waals surface area contributed by atoms with Gasteiger partial charge in [-0.05, 0) is 26.2 Å². The Balaban J connectivity index is 2.62. The molecule has 0 amide bonds. The molecule has 1 heterocycles. The van der Waals surface area contributed by atoms with E-state index in [9.17, 15) is 0 Å². The summed E-state index contributed by atoms with van der Waals surface area (Å²) in [7, 11) is 0. The molecule has 0 saturated heterocycles. The van der Waals surface area contributed by atoms with Crippen LogP contribution < -0.4 is 0 Å². The molecule has 0 spiro atoms. The largest absolute Gasteiger partial charge is 0.246 e. The summed E-state index contributed by atoms with van der Waals surface area (Å²) in [5.41, 5.74) is 1.24. The van der Waals surface area contributed by atoms with Crippen LogP contribution in [0.1, 0.15) is 42.3 Å². The normalized spacial score (nSPS) is 10.6. The van der Waals surface area contributed by atoms with Gasteiger partial charge in [-0.3, -0.25) is 0 Å². The zero-order valence-corrected chi connectivity index (χ0v) is 9.00. The third-order valence-corrected chi connectivity index (χ3v) is 3.36. The van der Waals surface area contributed by atoms with Crippen molar-refractivity contribution in [1.82, 2.24) is 4.98 Å². The second-order valence-electron chi connectivity index (χ2n) is 3.07. The lowest BCUT2D eigenvalue weighted by Gasteiger charge is -1.90. The molecule has 0 aliphatic heterocycles. The molecule has 0 unspecified atom stereocenters. The lowest BCUT2D eigenvalue weighted by Crippen LogP contribution is -1.82. The molecule has 1 nitrogen and oxygen atoms in total. The molecule has 0 bridgehead atoms. The van der Waals surface area contributed by atoms with Crippen molar-refractivity contribution in [2.45, 2.75) is 46.5 Å². The van der Waals surface area contributed by atoms with Crippen LogP contribution in [0.4, 0.5) is 0 Å². The molecule has 0 saturated carbocycles. The molecule has 2 heteroatoms. The van der Waals surface area contributed by atoms with Crippen LogP contribution in [0.25, 0.3) is 0 Å². The Kier molecular flexibility index (Phi) is 3.73. The smallest absolute Gasteiger partial charge is 0.0930 e. The van der Waals surface area contributed by atoms with E-state index in [1.807, 2.05) is 11.3 Å². The highest BCUT2D eigenvalue weighted by Gasteiger charge is 2.04. The molecule has 1 rings (SSSR count). The van der Waals surface area contributed by atoms with Gasteiger partial charge >= 0.3 is 0 Å². The van der Waals surface area contributed by atoms with Crippen LogP contribution in [0.2, 0.25) is 0 Å². The first-order chi connectivity index (χ1) is 5.77. The fourth-order valence-corrected chi connectivity index (χ4v) is 2.30. The third-order valence-electron chi connectivity index (χ3n) is 2.00. The summed E-state index contributed by atoms with van der Waals surface area (Å²) in [6, 6.07) is 0. The zero-order chi connectivity index (χ0) is 8.97. The lowest BCUT2D eigenvalue weighted by atomic mass is 10.3. The second-order valence-corrected chi connectivity index (χ2v) is 4.24. The van der Waals surface area contributed by atoms with Gasteiger partial charge in [-0.2, -0.15) is 0 Å². The third kappa shape index (κ3) is 2.31. The highest BCUT2D eigenvalue weighted by molar-refractivity contribution is 7.11. The van der Waals surface area contributed by atoms with Gasteiger partial charge in [0, 0.05) is 4.88 Å². The van der Waals surface area contributed by atoms with E-state index in [2.05, 4.69) is 25.8 Å². The van der Waals surface area contributed by atoms with Gasteiger partial charge in [0.15, 0.2) is 0 Å². The Bertz CT molecular complexity index is 240. The molecule has 0 aliphatic carbocycles. The second kappa shape index (κ2) is 4.61. The van der Waals surface area contributed by atoms with E-state index in [-0.39, 0.29) is 0 Å². The maximum atomic E-state index is 4.54. The Labute approximate surface area is 78.8 Å². The highest BCUT2D eigenvalue weighted by atomic mass is 32.1. The number of unbranched alkanes of at least 4 members (excludes halogenated alkanes) is 1. The number of aryl methyl sites for hydroxylation is 3. The number of hydrogen-bond acceptors (Lipinski definition) is 2. The first-order valence-corrected chi connectivity index (χ1v) is 5.54. The van der Waals surface area contributed by atoms with E-state index >= 15 is 0 Å². The number of aromatic nitrogens is 1. The van der Waals surface area contributed by atoms with Crippen molar-refractivity contribution in [3.05, 3.63) is 15.6 Å². The van der Waals surface area contributed by atoms with E-state index in [0.717, 1.165) is 6.42 Å². The summed E-state index contributed by atoms with van der Waals surface area (Å²) < 4.78 is 0. The Hall–Kier alpha value is -0.370. The monoisotopic (exact) mass is 183 g/mol. The molecule has 0 atom stereocenters. The van der Waals surface area contributed by atoms with Crippen LogP contribution in [0, 0.1) is 6.92 Å². The molecule has 0 aromatic carbocycles. The van der Waals surface area contributed by atoms with Crippen LogP contribution in [0.3, 0.4) is 0 Å². The molecule has 1 aromatic rings. The molecule has 0 N–H and O–H groups in total. The molecule has 0 fully saturated rings. The standard InChI is InChI=1S/C10H17NS/c1-4-6-7-10-11-8(3)9(5-2)12-10/h4-7H2,1-3H3. The van der Waals surface area contributed by atoms with Gasteiger partial charge in [0.1, 0.15) is 0 Å². The SMILES string of the molecule is CCCCc1nc(C)c(CC)s1. The van der Waals surface area contributed by atoms with Crippen molar-refractivity contribution >= 4 is 11.3 Å². The highest BCUT2D eigenvalue weighted by Crippen LogP contribution is 2.19. The van der Waals surface area contributed by atoms with Gasteiger partial charge in [0.05, 0.1) is 10.7 Å². The zero-order valence-electron chi connectivity index (χ0n) is 8.18. The van der Waals surface area contributed by atoms with Gasteiger partial charge in [0.25, 0.3) is 0 Å². The van der Waals surface area contributed by atoms with Gasteiger partial charge in [-0.15, -0.1) is 11.3 Å². The van der Waals surface area contributed by atoms with Crippen molar-refractivity contribution in [2.24, 2.45) is 0 Å². The minimum Gasteiger partial charge on any atom is -0.246 e. The summed E-state index contributed by atoms with van der Waals surface area (Å²) in [4.78, 5) is 6.00. The molecule has 1 aromatic heterocycles. The van der Waals surface area contributed by atoms with Gasteiger partial charge in [0.2, 0.25) is 0 Å². The maximum Gasteiger partial charge on any atom is 0.0930 e. The van der Waals surface area contributed by atoms with Crippen molar-refractivity contribution in [3.63, 3.8) is 0 Å².